The highest BCUT2D eigenvalue weighted by Gasteiger charge is 2.34. The van der Waals surface area contributed by atoms with Gasteiger partial charge >= 0.3 is 0 Å². The van der Waals surface area contributed by atoms with Crippen molar-refractivity contribution in [2.24, 2.45) is 0 Å². The Hall–Kier alpha value is -1.30. The number of ether oxygens (including phenoxy) is 1. The van der Waals surface area contributed by atoms with Gasteiger partial charge in [0, 0.05) is 22.1 Å². The summed E-state index contributed by atoms with van der Waals surface area (Å²) in [6.07, 6.45) is 0.826. The molecule has 0 fully saturated rings. The minimum Gasteiger partial charge on any atom is -0.487 e. The molecule has 0 amide bonds. The first-order valence-corrected chi connectivity index (χ1v) is 9.63. The van der Waals surface area contributed by atoms with Gasteiger partial charge in [-0.1, -0.05) is 29.3 Å². The minimum atomic E-state index is -0.254. The van der Waals surface area contributed by atoms with Crippen LogP contribution < -0.4 is 15.4 Å². The van der Waals surface area contributed by atoms with Crippen LogP contribution in [0.1, 0.15) is 37.4 Å². The third kappa shape index (κ3) is 4.46. The van der Waals surface area contributed by atoms with Crippen molar-refractivity contribution in [2.75, 3.05) is 5.32 Å². The van der Waals surface area contributed by atoms with Crippen molar-refractivity contribution in [2.45, 2.75) is 38.8 Å². The molecule has 2 N–H and O–H groups in total. The molecular formula is C19H20BrClN2OS. The van der Waals surface area contributed by atoms with E-state index in [0.29, 0.717) is 10.1 Å². The lowest BCUT2D eigenvalue weighted by Crippen LogP contribution is -2.42. The highest BCUT2D eigenvalue weighted by Crippen LogP contribution is 2.39. The molecule has 3 rings (SSSR count). The third-order valence-electron chi connectivity index (χ3n) is 4.11. The average Bonchev–Trinajstić information content (AvgIpc) is 2.51. The van der Waals surface area contributed by atoms with Crippen LogP contribution in [-0.2, 0) is 0 Å². The van der Waals surface area contributed by atoms with Gasteiger partial charge in [-0.3, -0.25) is 0 Å². The first kappa shape index (κ1) is 18.5. The highest BCUT2D eigenvalue weighted by atomic mass is 79.9. The maximum atomic E-state index is 6.14. The van der Waals surface area contributed by atoms with Crippen LogP contribution in [0.15, 0.2) is 40.9 Å². The van der Waals surface area contributed by atoms with Crippen LogP contribution in [0.2, 0.25) is 5.02 Å². The molecule has 2 aromatic rings. The van der Waals surface area contributed by atoms with E-state index in [1.54, 1.807) is 0 Å². The lowest BCUT2D eigenvalue weighted by atomic mass is 9.89. The number of aryl methyl sites for hydroxylation is 1. The van der Waals surface area contributed by atoms with Gasteiger partial charge in [-0.2, -0.15) is 0 Å². The van der Waals surface area contributed by atoms with Gasteiger partial charge in [-0.25, -0.2) is 0 Å². The van der Waals surface area contributed by atoms with Crippen molar-refractivity contribution in [1.29, 1.82) is 0 Å². The van der Waals surface area contributed by atoms with Crippen molar-refractivity contribution < 1.29 is 4.74 Å². The van der Waals surface area contributed by atoms with Crippen LogP contribution in [0.4, 0.5) is 5.69 Å². The number of fused-ring (bicyclic) bond motifs is 1. The van der Waals surface area contributed by atoms with Crippen LogP contribution in [0, 0.1) is 6.92 Å². The summed E-state index contributed by atoms with van der Waals surface area (Å²) >= 11 is 15.0. The zero-order valence-electron chi connectivity index (χ0n) is 14.3. The molecule has 1 heterocycles. The van der Waals surface area contributed by atoms with E-state index >= 15 is 0 Å². The molecule has 1 aliphatic heterocycles. The number of hydrogen-bond acceptors (Lipinski definition) is 2. The number of rotatable bonds is 2. The molecule has 0 aromatic heterocycles. The van der Waals surface area contributed by atoms with Crippen molar-refractivity contribution in [3.63, 3.8) is 0 Å². The number of benzene rings is 2. The largest absolute Gasteiger partial charge is 0.487 e. The first-order chi connectivity index (χ1) is 11.7. The fourth-order valence-corrected chi connectivity index (χ4v) is 3.69. The van der Waals surface area contributed by atoms with Crippen molar-refractivity contribution >= 4 is 50.5 Å². The van der Waals surface area contributed by atoms with Gasteiger partial charge in [0.25, 0.3) is 0 Å². The van der Waals surface area contributed by atoms with E-state index in [2.05, 4.69) is 59.5 Å². The number of nitrogens with one attached hydrogen (secondary N) is 2. The number of thiocarbonyl (C=S) groups is 1. The summed E-state index contributed by atoms with van der Waals surface area (Å²) < 4.78 is 6.96. The van der Waals surface area contributed by atoms with Gasteiger partial charge in [0.1, 0.15) is 11.4 Å². The molecule has 1 atom stereocenters. The Balaban J connectivity index is 1.78. The van der Waals surface area contributed by atoms with E-state index in [-0.39, 0.29) is 11.6 Å². The van der Waals surface area contributed by atoms with Crippen molar-refractivity contribution in [1.82, 2.24) is 5.32 Å². The van der Waals surface area contributed by atoms with Gasteiger partial charge in [0.05, 0.1) is 11.1 Å². The maximum absolute atomic E-state index is 6.14. The Morgan fingerprint density at radius 2 is 2.04 bits per heavy atom. The molecule has 0 aliphatic carbocycles. The van der Waals surface area contributed by atoms with Crippen LogP contribution in [0.25, 0.3) is 0 Å². The maximum Gasteiger partial charge on any atom is 0.171 e. The second-order valence-corrected chi connectivity index (χ2v) is 8.56. The fraction of sp³-hybridized carbons (Fsp3) is 0.316. The minimum absolute atomic E-state index is 0.0876. The summed E-state index contributed by atoms with van der Waals surface area (Å²) in [5.41, 5.74) is 2.93. The first-order valence-electron chi connectivity index (χ1n) is 8.06. The standard InChI is InChI=1S/C19H20BrClN2OS/c1-11-4-7-17-13(8-11)16(10-19(2,3)24-17)23-18(25)22-12-5-6-14(20)15(21)9-12/h4-9,16H,10H2,1-3H3,(H2,22,23,25)/t16-/m1/s1. The Bertz CT molecular complexity index is 825. The molecule has 0 bridgehead atoms. The lowest BCUT2D eigenvalue weighted by molar-refractivity contribution is 0.0696. The molecule has 6 heteroatoms. The molecule has 0 unspecified atom stereocenters. The summed E-state index contributed by atoms with van der Waals surface area (Å²) in [4.78, 5) is 0. The van der Waals surface area contributed by atoms with E-state index in [0.717, 1.165) is 27.9 Å². The summed E-state index contributed by atoms with van der Waals surface area (Å²) in [7, 11) is 0. The molecule has 0 spiro atoms. The normalized spacial score (nSPS) is 18.0. The fourth-order valence-electron chi connectivity index (χ4n) is 3.00. The molecule has 3 nitrogen and oxygen atoms in total. The second kappa shape index (κ2) is 7.14. The van der Waals surface area contributed by atoms with Crippen molar-refractivity contribution in [3.8, 4) is 5.75 Å². The smallest absolute Gasteiger partial charge is 0.171 e. The number of anilines is 1. The summed E-state index contributed by atoms with van der Waals surface area (Å²) in [6.45, 7) is 6.27. The Morgan fingerprint density at radius 3 is 2.76 bits per heavy atom. The molecule has 25 heavy (non-hydrogen) atoms. The molecular weight excluding hydrogens is 420 g/mol. The summed E-state index contributed by atoms with van der Waals surface area (Å²) in [5, 5.41) is 7.83. The second-order valence-electron chi connectivity index (χ2n) is 6.89. The van der Waals surface area contributed by atoms with Gasteiger partial charge < -0.3 is 15.4 Å². The highest BCUT2D eigenvalue weighted by molar-refractivity contribution is 9.10. The summed E-state index contributed by atoms with van der Waals surface area (Å²) in [5.74, 6) is 0.911. The van der Waals surface area contributed by atoms with E-state index in [1.807, 2.05) is 24.3 Å². The van der Waals surface area contributed by atoms with Crippen LogP contribution in [0.3, 0.4) is 0 Å². The monoisotopic (exact) mass is 438 g/mol. The van der Waals surface area contributed by atoms with Crippen molar-refractivity contribution in [3.05, 3.63) is 57.0 Å². The topological polar surface area (TPSA) is 33.3 Å². The quantitative estimate of drug-likeness (QED) is 0.562. The molecule has 0 saturated heterocycles. The third-order valence-corrected chi connectivity index (χ3v) is 5.56. The predicted molar refractivity (Wildman–Crippen MR) is 112 cm³/mol. The number of hydrogen-bond donors (Lipinski definition) is 2. The Morgan fingerprint density at radius 1 is 1.28 bits per heavy atom. The molecule has 2 aromatic carbocycles. The molecule has 0 radical (unpaired) electrons. The van der Waals surface area contributed by atoms with Gasteiger partial charge in [0.15, 0.2) is 5.11 Å². The van der Waals surface area contributed by atoms with Gasteiger partial charge in [-0.05, 0) is 73.2 Å². The SMILES string of the molecule is Cc1ccc2c(c1)[C@H](NC(=S)Nc1ccc(Br)c(Cl)c1)CC(C)(C)O2. The van der Waals surface area contributed by atoms with Crippen LogP contribution in [0.5, 0.6) is 5.75 Å². The zero-order chi connectivity index (χ0) is 18.2. The van der Waals surface area contributed by atoms with E-state index in [9.17, 15) is 0 Å². The molecule has 0 saturated carbocycles. The van der Waals surface area contributed by atoms with Gasteiger partial charge in [0.2, 0.25) is 0 Å². The summed E-state index contributed by atoms with van der Waals surface area (Å²) in [6, 6.07) is 12.0. The van der Waals surface area contributed by atoms with Crippen LogP contribution >= 0.6 is 39.7 Å². The van der Waals surface area contributed by atoms with E-state index in [1.165, 1.54) is 5.56 Å². The Kier molecular flexibility index (Phi) is 5.28. The average molecular weight is 440 g/mol. The Labute approximate surface area is 167 Å². The van der Waals surface area contributed by atoms with E-state index < -0.39 is 0 Å². The molecule has 1 aliphatic rings. The predicted octanol–water partition coefficient (Wildman–Crippen LogP) is 6.00. The number of halogens is 2. The zero-order valence-corrected chi connectivity index (χ0v) is 17.5. The van der Waals surface area contributed by atoms with E-state index in [4.69, 9.17) is 28.6 Å². The van der Waals surface area contributed by atoms with Gasteiger partial charge in [-0.15, -0.1) is 0 Å². The van der Waals surface area contributed by atoms with Crippen LogP contribution in [-0.4, -0.2) is 10.7 Å². The lowest BCUT2D eigenvalue weighted by Gasteiger charge is -2.38. The molecule has 132 valence electrons.